The van der Waals surface area contributed by atoms with Crippen LogP contribution in [0.1, 0.15) is 39.7 Å². The molecule has 0 unspecified atom stereocenters. The molecule has 1 aliphatic rings. The predicted molar refractivity (Wildman–Crippen MR) is 116 cm³/mol. The van der Waals surface area contributed by atoms with E-state index in [2.05, 4.69) is 74.7 Å². The second-order valence-corrected chi connectivity index (χ2v) is 6.29. The number of anilines is 1. The second kappa shape index (κ2) is 10.5. The summed E-state index contributed by atoms with van der Waals surface area (Å²) >= 11 is 0. The average molecular weight is 382 g/mol. The summed E-state index contributed by atoms with van der Waals surface area (Å²) in [6.07, 6.45) is 4.68. The molecule has 1 fully saturated rings. The molecular formula is C23H31N3O2. The van der Waals surface area contributed by atoms with Crippen molar-refractivity contribution in [2.75, 3.05) is 24.6 Å². The Morgan fingerprint density at radius 3 is 2.25 bits per heavy atom. The molecule has 1 aliphatic heterocycles. The van der Waals surface area contributed by atoms with E-state index in [4.69, 9.17) is 0 Å². The molecule has 5 heteroatoms. The van der Waals surface area contributed by atoms with E-state index in [0.717, 1.165) is 11.3 Å². The minimum Gasteiger partial charge on any atom is -0.466 e. The molecule has 0 N–H and O–H groups in total. The minimum absolute atomic E-state index is 0.123. The van der Waals surface area contributed by atoms with E-state index >= 15 is 0 Å². The normalized spacial score (nSPS) is 11.8. The Kier molecular flexibility index (Phi) is 8.05. The van der Waals surface area contributed by atoms with Gasteiger partial charge in [0.1, 0.15) is 5.65 Å². The van der Waals surface area contributed by atoms with Crippen molar-refractivity contribution < 1.29 is 9.53 Å². The summed E-state index contributed by atoms with van der Waals surface area (Å²) in [6.45, 7) is 12.5. The first-order valence-corrected chi connectivity index (χ1v) is 10.1. The van der Waals surface area contributed by atoms with Gasteiger partial charge in [0.2, 0.25) is 0 Å². The summed E-state index contributed by atoms with van der Waals surface area (Å²) in [6, 6.07) is 12.8. The van der Waals surface area contributed by atoms with Crippen LogP contribution >= 0.6 is 0 Å². The summed E-state index contributed by atoms with van der Waals surface area (Å²) in [5, 5.41) is 0. The molecule has 3 heterocycles. The fourth-order valence-corrected chi connectivity index (χ4v) is 2.66. The van der Waals surface area contributed by atoms with Gasteiger partial charge in [-0.05, 0) is 37.6 Å². The molecule has 1 saturated heterocycles. The van der Waals surface area contributed by atoms with Crippen LogP contribution in [-0.4, -0.2) is 35.1 Å². The number of hydrogen-bond donors (Lipinski definition) is 0. The molecule has 150 valence electrons. The number of aryl methyl sites for hydroxylation is 1. The van der Waals surface area contributed by atoms with Crippen LogP contribution in [-0.2, 0) is 9.53 Å². The molecule has 1 aromatic carbocycles. The fourth-order valence-electron chi connectivity index (χ4n) is 2.66. The lowest BCUT2D eigenvalue weighted by molar-refractivity contribution is -0.142. The van der Waals surface area contributed by atoms with Crippen molar-refractivity contribution in [1.82, 2.24) is 9.38 Å². The molecule has 0 radical (unpaired) electrons. The zero-order valence-corrected chi connectivity index (χ0v) is 17.6. The smallest absolute Gasteiger partial charge is 0.305 e. The summed E-state index contributed by atoms with van der Waals surface area (Å²) in [5.74, 6) is -0.123. The molecule has 2 aromatic heterocycles. The molecule has 0 spiro atoms. The first-order valence-electron chi connectivity index (χ1n) is 10.1. The van der Waals surface area contributed by atoms with E-state index in [1.54, 1.807) is 13.8 Å². The SMILES string of the molecule is CC.CCOC(=O)CC.Cc1ccc2nc(-c3ccc(N4CC4)cc3)cn2c1. The van der Waals surface area contributed by atoms with Crippen molar-refractivity contribution in [3.63, 3.8) is 0 Å². The highest BCUT2D eigenvalue weighted by atomic mass is 16.5. The van der Waals surface area contributed by atoms with E-state index in [0.29, 0.717) is 13.0 Å². The van der Waals surface area contributed by atoms with Crippen molar-refractivity contribution in [3.8, 4) is 11.3 Å². The maximum atomic E-state index is 10.2. The molecule has 4 rings (SSSR count). The lowest BCUT2D eigenvalue weighted by Crippen LogP contribution is -2.00. The van der Waals surface area contributed by atoms with Crippen LogP contribution in [0.3, 0.4) is 0 Å². The van der Waals surface area contributed by atoms with Crippen LogP contribution in [0.25, 0.3) is 16.9 Å². The molecule has 28 heavy (non-hydrogen) atoms. The van der Waals surface area contributed by atoms with Crippen LogP contribution in [0.15, 0.2) is 48.8 Å². The standard InChI is InChI=1S/C16H15N3.C5H10O2.C2H6/c1-12-2-7-16-17-15(11-19(16)10-12)13-3-5-14(6-4-13)18-8-9-18;1-3-5(6)7-4-2;1-2/h2-7,10-11H,8-9H2,1H3;3-4H2,1-2H3;1-2H3. The van der Waals surface area contributed by atoms with Gasteiger partial charge in [-0.3, -0.25) is 4.79 Å². The molecule has 0 aliphatic carbocycles. The molecule has 0 atom stereocenters. The van der Waals surface area contributed by atoms with E-state index in [9.17, 15) is 4.79 Å². The molecule has 0 amide bonds. The zero-order valence-electron chi connectivity index (χ0n) is 17.6. The van der Waals surface area contributed by atoms with Gasteiger partial charge < -0.3 is 14.0 Å². The summed E-state index contributed by atoms with van der Waals surface area (Å²) in [7, 11) is 0. The average Bonchev–Trinajstić information content (AvgIpc) is 3.49. The quantitative estimate of drug-likeness (QED) is 0.465. The summed E-state index contributed by atoms with van der Waals surface area (Å²) in [4.78, 5) is 17.2. The van der Waals surface area contributed by atoms with Gasteiger partial charge in [0.25, 0.3) is 0 Å². The summed E-state index contributed by atoms with van der Waals surface area (Å²) in [5.41, 5.74) is 5.75. The number of ether oxygens (including phenoxy) is 1. The number of aromatic nitrogens is 2. The van der Waals surface area contributed by atoms with Crippen LogP contribution in [0.2, 0.25) is 0 Å². The van der Waals surface area contributed by atoms with Crippen molar-refractivity contribution in [2.45, 2.75) is 41.0 Å². The van der Waals surface area contributed by atoms with Gasteiger partial charge >= 0.3 is 5.97 Å². The number of hydrogen-bond acceptors (Lipinski definition) is 4. The van der Waals surface area contributed by atoms with Crippen molar-refractivity contribution in [2.24, 2.45) is 0 Å². The minimum atomic E-state index is -0.123. The van der Waals surface area contributed by atoms with Crippen LogP contribution in [0.5, 0.6) is 0 Å². The second-order valence-electron chi connectivity index (χ2n) is 6.29. The first kappa shape index (κ1) is 21.5. The summed E-state index contributed by atoms with van der Waals surface area (Å²) < 4.78 is 6.64. The molecule has 0 bridgehead atoms. The number of fused-ring (bicyclic) bond motifs is 1. The third-order valence-electron chi connectivity index (χ3n) is 4.17. The van der Waals surface area contributed by atoms with Gasteiger partial charge in [0.15, 0.2) is 0 Å². The van der Waals surface area contributed by atoms with Crippen molar-refractivity contribution >= 4 is 17.3 Å². The highest BCUT2D eigenvalue weighted by Gasteiger charge is 2.17. The number of benzene rings is 1. The van der Waals surface area contributed by atoms with Crippen LogP contribution in [0.4, 0.5) is 5.69 Å². The highest BCUT2D eigenvalue weighted by molar-refractivity contribution is 5.68. The van der Waals surface area contributed by atoms with Crippen molar-refractivity contribution in [1.29, 1.82) is 0 Å². The van der Waals surface area contributed by atoms with Gasteiger partial charge in [-0.25, -0.2) is 4.98 Å². The monoisotopic (exact) mass is 381 g/mol. The van der Waals surface area contributed by atoms with Crippen molar-refractivity contribution in [3.05, 3.63) is 54.4 Å². The number of rotatable bonds is 4. The van der Waals surface area contributed by atoms with Crippen LogP contribution in [0, 0.1) is 6.92 Å². The molecule has 3 aromatic rings. The zero-order chi connectivity index (χ0) is 20.5. The Labute approximate surface area is 168 Å². The largest absolute Gasteiger partial charge is 0.466 e. The fraction of sp³-hybridized carbons (Fsp3) is 0.391. The molecular weight excluding hydrogens is 350 g/mol. The predicted octanol–water partition coefficient (Wildman–Crippen LogP) is 5.12. The van der Waals surface area contributed by atoms with E-state index in [1.807, 2.05) is 13.8 Å². The van der Waals surface area contributed by atoms with Gasteiger partial charge in [0.05, 0.1) is 12.3 Å². The number of imidazole rings is 1. The first-order chi connectivity index (χ1) is 13.6. The number of pyridine rings is 1. The molecule has 5 nitrogen and oxygen atoms in total. The lowest BCUT2D eigenvalue weighted by atomic mass is 10.1. The maximum absolute atomic E-state index is 10.2. The third-order valence-corrected chi connectivity index (χ3v) is 4.17. The van der Waals surface area contributed by atoms with E-state index in [1.165, 1.54) is 29.9 Å². The Morgan fingerprint density at radius 2 is 1.71 bits per heavy atom. The Morgan fingerprint density at radius 1 is 1.04 bits per heavy atom. The number of carbonyl (C=O) groups excluding carboxylic acids is 1. The van der Waals surface area contributed by atoms with Gasteiger partial charge in [-0.2, -0.15) is 0 Å². The van der Waals surface area contributed by atoms with Gasteiger partial charge in [0, 0.05) is 43.2 Å². The highest BCUT2D eigenvalue weighted by Crippen LogP contribution is 2.25. The molecule has 0 saturated carbocycles. The Hall–Kier alpha value is -2.82. The lowest BCUT2D eigenvalue weighted by Gasteiger charge is -2.02. The Balaban J connectivity index is 0.000000268. The maximum Gasteiger partial charge on any atom is 0.305 e. The number of carbonyl (C=O) groups is 1. The van der Waals surface area contributed by atoms with Gasteiger partial charge in [-0.1, -0.05) is 39.0 Å². The number of nitrogens with zero attached hydrogens (tertiary/aromatic N) is 3. The van der Waals surface area contributed by atoms with Crippen LogP contribution < -0.4 is 4.90 Å². The third kappa shape index (κ3) is 5.84. The van der Waals surface area contributed by atoms with E-state index in [-0.39, 0.29) is 5.97 Å². The Bertz CT molecular complexity index is 881. The van der Waals surface area contributed by atoms with Gasteiger partial charge in [-0.15, -0.1) is 0 Å². The number of esters is 1. The van der Waals surface area contributed by atoms with E-state index < -0.39 is 0 Å². The topological polar surface area (TPSA) is 46.6 Å².